The summed E-state index contributed by atoms with van der Waals surface area (Å²) >= 11 is 0. The number of nitrogens with two attached hydrogens (primary N) is 1. The molecule has 1 aliphatic rings. The van der Waals surface area contributed by atoms with E-state index in [9.17, 15) is 0 Å². The number of benzene rings is 1. The van der Waals surface area contributed by atoms with Gasteiger partial charge in [-0.25, -0.2) is 0 Å². The molecular formula is C14H22N2O. The Balaban J connectivity index is 2.00. The van der Waals surface area contributed by atoms with Crippen molar-refractivity contribution >= 4 is 0 Å². The van der Waals surface area contributed by atoms with Crippen LogP contribution in [0.4, 0.5) is 0 Å². The van der Waals surface area contributed by atoms with Gasteiger partial charge >= 0.3 is 0 Å². The summed E-state index contributed by atoms with van der Waals surface area (Å²) in [6.07, 6.45) is 2.59. The van der Waals surface area contributed by atoms with Crippen molar-refractivity contribution in [2.75, 3.05) is 20.2 Å². The van der Waals surface area contributed by atoms with Crippen LogP contribution in [-0.2, 0) is 0 Å². The van der Waals surface area contributed by atoms with Gasteiger partial charge in [0.25, 0.3) is 0 Å². The average Bonchev–Trinajstić information content (AvgIpc) is 2.75. The molecule has 2 N–H and O–H groups in total. The van der Waals surface area contributed by atoms with Gasteiger partial charge in [0, 0.05) is 18.6 Å². The zero-order valence-electron chi connectivity index (χ0n) is 10.7. The third-order valence-corrected chi connectivity index (χ3v) is 3.64. The van der Waals surface area contributed by atoms with Gasteiger partial charge in [0.1, 0.15) is 5.75 Å². The van der Waals surface area contributed by atoms with Crippen molar-refractivity contribution in [1.82, 2.24) is 4.90 Å². The standard InChI is InChI=1S/C14H22N2O/c1-11-5-4-8-16(11)10-14(15)12-6-3-7-13(9-12)17-2/h3,6-7,9,11,14H,4-5,8,10,15H2,1-2H3/t11?,14-/m1/s1. The van der Waals surface area contributed by atoms with Crippen molar-refractivity contribution in [2.45, 2.75) is 31.8 Å². The Morgan fingerprint density at radius 2 is 2.35 bits per heavy atom. The maximum Gasteiger partial charge on any atom is 0.119 e. The molecule has 0 saturated carbocycles. The predicted molar refractivity (Wildman–Crippen MR) is 70.2 cm³/mol. The molecule has 0 radical (unpaired) electrons. The molecule has 0 aliphatic carbocycles. The van der Waals surface area contributed by atoms with E-state index in [4.69, 9.17) is 10.5 Å². The number of hydrogen-bond acceptors (Lipinski definition) is 3. The van der Waals surface area contributed by atoms with Crippen LogP contribution in [0.1, 0.15) is 31.4 Å². The Hall–Kier alpha value is -1.06. The third kappa shape index (κ3) is 2.99. The quantitative estimate of drug-likeness (QED) is 0.868. The zero-order chi connectivity index (χ0) is 12.3. The van der Waals surface area contributed by atoms with Gasteiger partial charge in [0.15, 0.2) is 0 Å². The molecule has 94 valence electrons. The van der Waals surface area contributed by atoms with E-state index in [1.165, 1.54) is 19.4 Å². The summed E-state index contributed by atoms with van der Waals surface area (Å²) in [6, 6.07) is 8.81. The summed E-state index contributed by atoms with van der Waals surface area (Å²) < 4.78 is 5.23. The van der Waals surface area contributed by atoms with Gasteiger partial charge in [-0.15, -0.1) is 0 Å². The average molecular weight is 234 g/mol. The zero-order valence-corrected chi connectivity index (χ0v) is 10.7. The minimum absolute atomic E-state index is 0.0747. The number of ether oxygens (including phenoxy) is 1. The number of rotatable bonds is 4. The smallest absolute Gasteiger partial charge is 0.119 e. The Morgan fingerprint density at radius 3 is 3.00 bits per heavy atom. The van der Waals surface area contributed by atoms with Gasteiger partial charge < -0.3 is 10.5 Å². The number of nitrogens with zero attached hydrogens (tertiary/aromatic N) is 1. The molecule has 2 rings (SSSR count). The van der Waals surface area contributed by atoms with E-state index in [1.54, 1.807) is 7.11 Å². The Morgan fingerprint density at radius 1 is 1.53 bits per heavy atom. The molecule has 1 saturated heterocycles. The largest absolute Gasteiger partial charge is 0.497 e. The molecule has 1 aromatic carbocycles. The number of methoxy groups -OCH3 is 1. The molecule has 0 aromatic heterocycles. The van der Waals surface area contributed by atoms with Gasteiger partial charge in [0.05, 0.1) is 7.11 Å². The second-order valence-corrected chi connectivity index (χ2v) is 4.87. The first kappa shape index (κ1) is 12.4. The van der Waals surface area contributed by atoms with Gasteiger partial charge in [-0.1, -0.05) is 12.1 Å². The van der Waals surface area contributed by atoms with Crippen LogP contribution in [0.15, 0.2) is 24.3 Å². The molecule has 3 heteroatoms. The maximum atomic E-state index is 6.26. The van der Waals surface area contributed by atoms with Crippen LogP contribution in [0.2, 0.25) is 0 Å². The lowest BCUT2D eigenvalue weighted by Crippen LogP contribution is -2.34. The molecule has 1 fully saturated rings. The lowest BCUT2D eigenvalue weighted by atomic mass is 10.1. The molecule has 0 amide bonds. The first-order valence-corrected chi connectivity index (χ1v) is 6.34. The molecule has 17 heavy (non-hydrogen) atoms. The number of hydrogen-bond donors (Lipinski definition) is 1. The van der Waals surface area contributed by atoms with Gasteiger partial charge in [-0.3, -0.25) is 4.90 Å². The molecule has 2 atom stereocenters. The predicted octanol–water partition coefficient (Wildman–Crippen LogP) is 2.18. The molecule has 0 bridgehead atoms. The van der Waals surface area contributed by atoms with E-state index in [0.717, 1.165) is 17.9 Å². The van der Waals surface area contributed by atoms with Gasteiger partial charge in [-0.05, 0) is 44.0 Å². The molecule has 1 unspecified atom stereocenters. The highest BCUT2D eigenvalue weighted by molar-refractivity contribution is 5.30. The molecular weight excluding hydrogens is 212 g/mol. The van der Waals surface area contributed by atoms with Crippen LogP contribution in [0, 0.1) is 0 Å². The fourth-order valence-corrected chi connectivity index (χ4v) is 2.49. The van der Waals surface area contributed by atoms with Crippen molar-refractivity contribution in [3.05, 3.63) is 29.8 Å². The van der Waals surface area contributed by atoms with Crippen molar-refractivity contribution in [3.8, 4) is 5.75 Å². The fourth-order valence-electron chi connectivity index (χ4n) is 2.49. The second-order valence-electron chi connectivity index (χ2n) is 4.87. The molecule has 0 spiro atoms. The summed E-state index contributed by atoms with van der Waals surface area (Å²) in [4.78, 5) is 2.48. The van der Waals surface area contributed by atoms with Crippen molar-refractivity contribution in [2.24, 2.45) is 5.73 Å². The van der Waals surface area contributed by atoms with Gasteiger partial charge in [-0.2, -0.15) is 0 Å². The van der Waals surface area contributed by atoms with E-state index >= 15 is 0 Å². The van der Waals surface area contributed by atoms with Crippen LogP contribution in [0.25, 0.3) is 0 Å². The first-order chi connectivity index (χ1) is 8.20. The van der Waals surface area contributed by atoms with Crippen LogP contribution in [0.3, 0.4) is 0 Å². The van der Waals surface area contributed by atoms with E-state index in [0.29, 0.717) is 6.04 Å². The first-order valence-electron chi connectivity index (χ1n) is 6.34. The van der Waals surface area contributed by atoms with Crippen molar-refractivity contribution in [3.63, 3.8) is 0 Å². The minimum atomic E-state index is 0.0747. The van der Waals surface area contributed by atoms with Crippen LogP contribution >= 0.6 is 0 Å². The highest BCUT2D eigenvalue weighted by Crippen LogP contribution is 2.22. The van der Waals surface area contributed by atoms with E-state index < -0.39 is 0 Å². The summed E-state index contributed by atoms with van der Waals surface area (Å²) in [5, 5.41) is 0. The molecule has 1 aromatic rings. The van der Waals surface area contributed by atoms with Gasteiger partial charge in [0.2, 0.25) is 0 Å². The summed E-state index contributed by atoms with van der Waals surface area (Å²) in [5.74, 6) is 0.882. The van der Waals surface area contributed by atoms with E-state index in [2.05, 4.69) is 17.9 Å². The van der Waals surface area contributed by atoms with E-state index in [1.807, 2.05) is 18.2 Å². The Labute approximate surface area is 104 Å². The third-order valence-electron chi connectivity index (χ3n) is 3.64. The summed E-state index contributed by atoms with van der Waals surface area (Å²) in [5.41, 5.74) is 7.42. The minimum Gasteiger partial charge on any atom is -0.497 e. The van der Waals surface area contributed by atoms with Crippen LogP contribution in [-0.4, -0.2) is 31.1 Å². The van der Waals surface area contributed by atoms with Crippen molar-refractivity contribution in [1.29, 1.82) is 0 Å². The highest BCUT2D eigenvalue weighted by atomic mass is 16.5. The molecule has 1 aliphatic heterocycles. The highest BCUT2D eigenvalue weighted by Gasteiger charge is 2.22. The normalized spacial score (nSPS) is 22.6. The van der Waals surface area contributed by atoms with Crippen LogP contribution < -0.4 is 10.5 Å². The summed E-state index contributed by atoms with van der Waals surface area (Å²) in [7, 11) is 1.69. The fraction of sp³-hybridized carbons (Fsp3) is 0.571. The molecule has 1 heterocycles. The maximum absolute atomic E-state index is 6.26. The Bertz CT molecular complexity index is 367. The molecule has 3 nitrogen and oxygen atoms in total. The monoisotopic (exact) mass is 234 g/mol. The number of likely N-dealkylation sites (tertiary alicyclic amines) is 1. The topological polar surface area (TPSA) is 38.5 Å². The lowest BCUT2D eigenvalue weighted by Gasteiger charge is -2.25. The van der Waals surface area contributed by atoms with E-state index in [-0.39, 0.29) is 6.04 Å². The van der Waals surface area contributed by atoms with Crippen LogP contribution in [0.5, 0.6) is 5.75 Å². The van der Waals surface area contributed by atoms with Crippen molar-refractivity contribution < 1.29 is 4.74 Å². The SMILES string of the molecule is COc1cccc([C@H](N)CN2CCCC2C)c1. The second kappa shape index (κ2) is 5.52. The lowest BCUT2D eigenvalue weighted by molar-refractivity contribution is 0.252. The summed E-state index contributed by atoms with van der Waals surface area (Å²) in [6.45, 7) is 4.40. The Kier molecular flexibility index (Phi) is 4.02.